The van der Waals surface area contributed by atoms with E-state index in [-0.39, 0.29) is 17.5 Å². The second kappa shape index (κ2) is 9.70. The Balaban J connectivity index is 1.62. The summed E-state index contributed by atoms with van der Waals surface area (Å²) in [5, 5.41) is 3.66. The molecule has 4 atom stereocenters. The van der Waals surface area contributed by atoms with Gasteiger partial charge in [0.2, 0.25) is 5.91 Å². The van der Waals surface area contributed by atoms with Crippen molar-refractivity contribution in [2.24, 2.45) is 17.3 Å². The van der Waals surface area contributed by atoms with E-state index in [9.17, 15) is 14.4 Å². The smallest absolute Gasteiger partial charge is 0.238 e. The average molecular weight is 567 g/mol. The van der Waals surface area contributed by atoms with Crippen LogP contribution in [0.5, 0.6) is 0 Å². The minimum absolute atomic E-state index is 0.0810. The Labute approximate surface area is 246 Å². The van der Waals surface area contributed by atoms with Crippen molar-refractivity contribution in [3.05, 3.63) is 100 Å². The maximum atomic E-state index is 14.8. The number of amides is 1. The number of fused-ring (bicyclic) bond motifs is 6. The maximum Gasteiger partial charge on any atom is 0.238 e. The second-order valence-electron chi connectivity index (χ2n) is 13.0. The van der Waals surface area contributed by atoms with Gasteiger partial charge in [-0.25, -0.2) is 0 Å². The van der Waals surface area contributed by atoms with Crippen LogP contribution in [0.2, 0.25) is 5.02 Å². The molecule has 0 radical (unpaired) electrons. The first-order valence-corrected chi connectivity index (χ1v) is 14.7. The summed E-state index contributed by atoms with van der Waals surface area (Å²) in [6.45, 7) is 9.96. The zero-order chi connectivity index (χ0) is 29.3. The third kappa shape index (κ3) is 4.16. The number of hydrogen-bond acceptors (Lipinski definition) is 4. The first-order valence-electron chi connectivity index (χ1n) is 14.3. The van der Waals surface area contributed by atoms with Crippen LogP contribution in [0.25, 0.3) is 6.08 Å². The highest BCUT2D eigenvalue weighted by molar-refractivity contribution is 6.31. The topological polar surface area (TPSA) is 66.5 Å². The van der Waals surface area contributed by atoms with Crippen molar-refractivity contribution < 1.29 is 14.4 Å². The maximum absolute atomic E-state index is 14.8. The summed E-state index contributed by atoms with van der Waals surface area (Å²) < 4.78 is 0. The van der Waals surface area contributed by atoms with Crippen molar-refractivity contribution in [3.63, 3.8) is 0 Å². The molecule has 1 amide bonds. The second-order valence-corrected chi connectivity index (χ2v) is 13.4. The Morgan fingerprint density at radius 2 is 1.73 bits per heavy atom. The van der Waals surface area contributed by atoms with Crippen LogP contribution in [0.1, 0.15) is 61.7 Å². The summed E-state index contributed by atoms with van der Waals surface area (Å²) in [6, 6.07) is 19.4. The number of para-hydroxylation sites is 1. The van der Waals surface area contributed by atoms with Crippen LogP contribution in [-0.4, -0.2) is 29.6 Å². The molecular formula is C35H35ClN2O3. The van der Waals surface area contributed by atoms with Gasteiger partial charge in [0, 0.05) is 27.4 Å². The van der Waals surface area contributed by atoms with Crippen molar-refractivity contribution in [1.82, 2.24) is 0 Å². The van der Waals surface area contributed by atoms with E-state index in [1.165, 1.54) is 0 Å². The van der Waals surface area contributed by atoms with E-state index in [0.29, 0.717) is 22.2 Å². The van der Waals surface area contributed by atoms with Gasteiger partial charge in [0.1, 0.15) is 11.5 Å². The van der Waals surface area contributed by atoms with Gasteiger partial charge in [-0.2, -0.15) is 0 Å². The Kier molecular flexibility index (Phi) is 6.50. The summed E-state index contributed by atoms with van der Waals surface area (Å²) in [7, 11) is 0. The number of nitrogens with one attached hydrogen (secondary N) is 1. The molecule has 3 aliphatic heterocycles. The number of Topliss-reactive ketones (excluding diaryl/α,β-unsaturated/α-hetero) is 2. The van der Waals surface area contributed by atoms with Crippen molar-refractivity contribution in [2.45, 2.75) is 58.5 Å². The molecule has 0 bridgehead atoms. The standard InChI is InChI=1S/C35H35ClN2O3/c1-20(2)18-21-10-12-22(13-11-21)31(39)29-30(32(40)34(3,4)5)38-27-16-15-24(36)19-23(27)14-17-28(38)35(29)25-8-6-7-9-26(25)37-33(35)41/h6-17,19-20,28-30H,18H2,1-5H3,(H,37,41)/t28-,29-,30+,35-/m0/s1. The number of nitrogens with zero attached hydrogens (tertiary/aromatic N) is 1. The highest BCUT2D eigenvalue weighted by atomic mass is 35.5. The van der Waals surface area contributed by atoms with E-state index >= 15 is 0 Å². The lowest BCUT2D eigenvalue weighted by Crippen LogP contribution is -2.51. The quantitative estimate of drug-likeness (QED) is 0.334. The number of rotatable bonds is 5. The average Bonchev–Trinajstić information content (AvgIpc) is 3.39. The van der Waals surface area contributed by atoms with E-state index in [4.69, 9.17) is 11.6 Å². The fourth-order valence-electron chi connectivity index (χ4n) is 7.05. The van der Waals surface area contributed by atoms with E-state index in [1.807, 2.05) is 98.5 Å². The van der Waals surface area contributed by atoms with Crippen LogP contribution in [-0.2, 0) is 21.4 Å². The summed E-state index contributed by atoms with van der Waals surface area (Å²) >= 11 is 6.37. The molecule has 5 nitrogen and oxygen atoms in total. The van der Waals surface area contributed by atoms with Gasteiger partial charge in [0.25, 0.3) is 0 Å². The lowest BCUT2D eigenvalue weighted by molar-refractivity contribution is -0.128. The first kappa shape index (κ1) is 27.5. The Hall–Kier alpha value is -3.70. The zero-order valence-electron chi connectivity index (χ0n) is 24.1. The van der Waals surface area contributed by atoms with Crippen LogP contribution < -0.4 is 10.2 Å². The lowest BCUT2D eigenvalue weighted by Gasteiger charge is -2.38. The van der Waals surface area contributed by atoms with Crippen molar-refractivity contribution in [1.29, 1.82) is 0 Å². The fourth-order valence-corrected chi connectivity index (χ4v) is 7.23. The minimum Gasteiger partial charge on any atom is -0.352 e. The van der Waals surface area contributed by atoms with E-state index in [2.05, 4.69) is 19.2 Å². The number of anilines is 2. The summed E-state index contributed by atoms with van der Waals surface area (Å²) in [5.74, 6) is -1.00. The molecule has 6 rings (SSSR count). The summed E-state index contributed by atoms with van der Waals surface area (Å²) in [6.07, 6.45) is 4.84. The summed E-state index contributed by atoms with van der Waals surface area (Å²) in [5.41, 5.74) is 2.67. The van der Waals surface area contributed by atoms with Gasteiger partial charge in [0.15, 0.2) is 11.6 Å². The fraction of sp³-hybridized carbons (Fsp3) is 0.343. The number of ketones is 2. The highest BCUT2D eigenvalue weighted by Gasteiger charge is 2.70. The first-order chi connectivity index (χ1) is 19.4. The number of carbonyl (C=O) groups is 3. The molecule has 0 aliphatic carbocycles. The van der Waals surface area contributed by atoms with Crippen molar-refractivity contribution >= 4 is 46.5 Å². The monoisotopic (exact) mass is 566 g/mol. The molecule has 210 valence electrons. The molecule has 3 aromatic rings. The Morgan fingerprint density at radius 3 is 2.41 bits per heavy atom. The van der Waals surface area contributed by atoms with Gasteiger partial charge < -0.3 is 10.2 Å². The van der Waals surface area contributed by atoms with Crippen molar-refractivity contribution in [2.75, 3.05) is 10.2 Å². The predicted octanol–water partition coefficient (Wildman–Crippen LogP) is 7.13. The number of halogens is 1. The zero-order valence-corrected chi connectivity index (χ0v) is 24.8. The van der Waals surface area contributed by atoms with Crippen molar-refractivity contribution in [3.8, 4) is 0 Å². The molecule has 0 aromatic heterocycles. The lowest BCUT2D eigenvalue weighted by atomic mass is 9.63. The normalized spacial score (nSPS) is 24.3. The molecule has 3 heterocycles. The third-order valence-electron chi connectivity index (χ3n) is 8.77. The number of benzene rings is 3. The molecule has 1 spiro atoms. The predicted molar refractivity (Wildman–Crippen MR) is 165 cm³/mol. The molecular weight excluding hydrogens is 532 g/mol. The SMILES string of the molecule is CC(C)Cc1ccc(C(=O)[C@@H]2[C@H](C(=O)C(C)(C)C)N3c4ccc(Cl)cc4C=C[C@H]3[C@]23C(=O)Nc2ccccc23)cc1. The Bertz CT molecular complexity index is 1600. The molecule has 0 unspecified atom stereocenters. The van der Waals surface area contributed by atoms with Gasteiger partial charge >= 0.3 is 0 Å². The van der Waals surface area contributed by atoms with E-state index < -0.39 is 28.8 Å². The molecule has 0 saturated carbocycles. The largest absolute Gasteiger partial charge is 0.352 e. The molecule has 6 heteroatoms. The third-order valence-corrected chi connectivity index (χ3v) is 9.00. The van der Waals surface area contributed by atoms with Gasteiger partial charge in [-0.1, -0.05) is 101 Å². The summed E-state index contributed by atoms with van der Waals surface area (Å²) in [4.78, 5) is 45.7. The molecule has 3 aliphatic rings. The van der Waals surface area contributed by atoms with Gasteiger partial charge in [0.05, 0.1) is 12.0 Å². The van der Waals surface area contributed by atoms with E-state index in [0.717, 1.165) is 28.8 Å². The Morgan fingerprint density at radius 1 is 1.02 bits per heavy atom. The molecule has 1 N–H and O–H groups in total. The highest BCUT2D eigenvalue weighted by Crippen LogP contribution is 2.58. The van der Waals surface area contributed by atoms with Crippen LogP contribution in [0.3, 0.4) is 0 Å². The number of hydrogen-bond donors (Lipinski definition) is 1. The van der Waals surface area contributed by atoms with Gasteiger partial charge in [-0.3, -0.25) is 14.4 Å². The van der Waals surface area contributed by atoms with Crippen LogP contribution >= 0.6 is 11.6 Å². The van der Waals surface area contributed by atoms with Crippen LogP contribution in [0.4, 0.5) is 11.4 Å². The van der Waals surface area contributed by atoms with Crippen LogP contribution in [0, 0.1) is 17.3 Å². The number of carbonyl (C=O) groups excluding carboxylic acids is 3. The molecule has 1 fully saturated rings. The van der Waals surface area contributed by atoms with Crippen LogP contribution in [0.15, 0.2) is 72.8 Å². The van der Waals surface area contributed by atoms with Gasteiger partial charge in [-0.05, 0) is 53.3 Å². The van der Waals surface area contributed by atoms with E-state index in [1.54, 1.807) is 6.07 Å². The molecule has 3 aromatic carbocycles. The van der Waals surface area contributed by atoms with Gasteiger partial charge in [-0.15, -0.1) is 0 Å². The minimum atomic E-state index is -1.30. The molecule has 41 heavy (non-hydrogen) atoms. The molecule has 1 saturated heterocycles.